The maximum atomic E-state index is 13.0. The van der Waals surface area contributed by atoms with Crippen molar-refractivity contribution in [2.75, 3.05) is 6.61 Å². The van der Waals surface area contributed by atoms with Crippen molar-refractivity contribution in [3.8, 4) is 0 Å². The molecule has 3 rings (SSSR count). The molecule has 1 aromatic rings. The first kappa shape index (κ1) is 14.9. The zero-order valence-corrected chi connectivity index (χ0v) is 12.5. The van der Waals surface area contributed by atoms with Gasteiger partial charge in [0.1, 0.15) is 5.82 Å². The smallest absolute Gasteiger partial charge is 0.123 e. The fourth-order valence-electron chi connectivity index (χ4n) is 4.01. The monoisotopic (exact) mass is 292 g/mol. The third kappa shape index (κ3) is 3.44. The van der Waals surface area contributed by atoms with E-state index in [1.54, 1.807) is 0 Å². The number of rotatable bonds is 4. The van der Waals surface area contributed by atoms with Gasteiger partial charge in [-0.05, 0) is 55.7 Å². The molecular weight excluding hydrogens is 267 g/mol. The average Bonchev–Trinajstić information content (AvgIpc) is 2.94. The van der Waals surface area contributed by atoms with Crippen molar-refractivity contribution in [1.82, 2.24) is 5.43 Å². The zero-order chi connectivity index (χ0) is 14.7. The van der Waals surface area contributed by atoms with Crippen molar-refractivity contribution in [3.05, 3.63) is 35.6 Å². The van der Waals surface area contributed by atoms with Gasteiger partial charge in [0.15, 0.2) is 0 Å². The molecule has 0 amide bonds. The van der Waals surface area contributed by atoms with Gasteiger partial charge in [0.25, 0.3) is 0 Å². The molecule has 2 atom stereocenters. The summed E-state index contributed by atoms with van der Waals surface area (Å²) in [4.78, 5) is 0. The Labute approximate surface area is 126 Å². The molecular formula is C17H25FN2O. The van der Waals surface area contributed by atoms with Gasteiger partial charge in [-0.3, -0.25) is 11.3 Å². The molecule has 2 fully saturated rings. The number of hydrogen-bond donors (Lipinski definition) is 2. The highest BCUT2D eigenvalue weighted by Gasteiger charge is 2.41. The SMILES string of the molecule is NNC(Cc1ccc(F)cc1)C1CCOC2(CCCC2)C1. The molecule has 4 heteroatoms. The summed E-state index contributed by atoms with van der Waals surface area (Å²) >= 11 is 0. The maximum Gasteiger partial charge on any atom is 0.123 e. The van der Waals surface area contributed by atoms with E-state index < -0.39 is 0 Å². The fraction of sp³-hybridized carbons (Fsp3) is 0.647. The molecule has 0 radical (unpaired) electrons. The lowest BCUT2D eigenvalue weighted by Crippen LogP contribution is -2.48. The van der Waals surface area contributed by atoms with Crippen LogP contribution in [0.15, 0.2) is 24.3 Å². The summed E-state index contributed by atoms with van der Waals surface area (Å²) in [6.07, 6.45) is 7.95. The van der Waals surface area contributed by atoms with Crippen LogP contribution in [0.4, 0.5) is 4.39 Å². The van der Waals surface area contributed by atoms with Crippen molar-refractivity contribution >= 4 is 0 Å². The molecule has 2 unspecified atom stereocenters. The van der Waals surface area contributed by atoms with E-state index >= 15 is 0 Å². The largest absolute Gasteiger partial charge is 0.375 e. The first-order valence-electron chi connectivity index (χ1n) is 8.05. The van der Waals surface area contributed by atoms with Crippen molar-refractivity contribution in [3.63, 3.8) is 0 Å². The number of nitrogens with two attached hydrogens (primary N) is 1. The quantitative estimate of drug-likeness (QED) is 0.662. The lowest BCUT2D eigenvalue weighted by Gasteiger charge is -2.41. The summed E-state index contributed by atoms with van der Waals surface area (Å²) in [5.74, 6) is 6.15. The fourth-order valence-corrected chi connectivity index (χ4v) is 4.01. The molecule has 1 heterocycles. The Morgan fingerprint density at radius 1 is 1.29 bits per heavy atom. The number of benzene rings is 1. The standard InChI is InChI=1S/C17H25FN2O/c18-15-5-3-13(4-6-15)11-16(20-19)14-7-10-21-17(12-14)8-1-2-9-17/h3-6,14,16,20H,1-2,7-12,19H2. The predicted molar refractivity (Wildman–Crippen MR) is 81.1 cm³/mol. The highest BCUT2D eigenvalue weighted by molar-refractivity contribution is 5.17. The minimum atomic E-state index is -0.188. The molecule has 1 aliphatic carbocycles. The second-order valence-electron chi connectivity index (χ2n) is 6.60. The van der Waals surface area contributed by atoms with Crippen LogP contribution in [0.25, 0.3) is 0 Å². The number of hydrogen-bond acceptors (Lipinski definition) is 3. The van der Waals surface area contributed by atoms with Gasteiger partial charge in [0.05, 0.1) is 5.60 Å². The normalized spacial score (nSPS) is 26.1. The molecule has 0 bridgehead atoms. The van der Waals surface area contributed by atoms with Crippen LogP contribution in [-0.4, -0.2) is 18.2 Å². The van der Waals surface area contributed by atoms with Gasteiger partial charge in [0.2, 0.25) is 0 Å². The van der Waals surface area contributed by atoms with Crippen molar-refractivity contribution in [2.45, 2.75) is 56.6 Å². The number of ether oxygens (including phenoxy) is 1. The van der Waals surface area contributed by atoms with Gasteiger partial charge >= 0.3 is 0 Å². The van der Waals surface area contributed by atoms with E-state index in [0.29, 0.717) is 5.92 Å². The molecule has 1 spiro atoms. The lowest BCUT2D eigenvalue weighted by molar-refractivity contribution is -0.0978. The molecule has 1 aliphatic heterocycles. The van der Waals surface area contributed by atoms with E-state index in [9.17, 15) is 4.39 Å². The van der Waals surface area contributed by atoms with Crippen molar-refractivity contribution in [2.24, 2.45) is 11.8 Å². The van der Waals surface area contributed by atoms with Crippen molar-refractivity contribution < 1.29 is 9.13 Å². The van der Waals surface area contributed by atoms with E-state index in [1.165, 1.54) is 37.8 Å². The Morgan fingerprint density at radius 2 is 2.00 bits per heavy atom. The molecule has 21 heavy (non-hydrogen) atoms. The number of halogens is 1. The van der Waals surface area contributed by atoms with Crippen LogP contribution in [0.2, 0.25) is 0 Å². The second-order valence-corrected chi connectivity index (χ2v) is 6.60. The van der Waals surface area contributed by atoms with Crippen LogP contribution in [-0.2, 0) is 11.2 Å². The highest BCUT2D eigenvalue weighted by Crippen LogP contribution is 2.43. The molecule has 0 aromatic heterocycles. The van der Waals surface area contributed by atoms with Crippen LogP contribution >= 0.6 is 0 Å². The minimum Gasteiger partial charge on any atom is -0.375 e. The molecule has 1 saturated heterocycles. The highest BCUT2D eigenvalue weighted by atomic mass is 19.1. The topological polar surface area (TPSA) is 47.3 Å². The van der Waals surface area contributed by atoms with Crippen LogP contribution < -0.4 is 11.3 Å². The number of nitrogens with one attached hydrogen (secondary N) is 1. The average molecular weight is 292 g/mol. The molecule has 1 aromatic carbocycles. The summed E-state index contributed by atoms with van der Waals surface area (Å²) in [6.45, 7) is 0.840. The summed E-state index contributed by atoms with van der Waals surface area (Å²) < 4.78 is 19.1. The third-order valence-corrected chi connectivity index (χ3v) is 5.20. The van der Waals surface area contributed by atoms with Gasteiger partial charge in [-0.15, -0.1) is 0 Å². The van der Waals surface area contributed by atoms with Crippen LogP contribution in [0.3, 0.4) is 0 Å². The van der Waals surface area contributed by atoms with Crippen LogP contribution in [0.5, 0.6) is 0 Å². The van der Waals surface area contributed by atoms with E-state index in [1.807, 2.05) is 12.1 Å². The molecule has 2 aliphatic rings. The van der Waals surface area contributed by atoms with Gasteiger partial charge in [-0.2, -0.15) is 0 Å². The Morgan fingerprint density at radius 3 is 2.67 bits per heavy atom. The Balaban J connectivity index is 1.66. The Bertz CT molecular complexity index is 456. The minimum absolute atomic E-state index is 0.112. The van der Waals surface area contributed by atoms with Gasteiger partial charge < -0.3 is 4.74 Å². The predicted octanol–water partition coefficient (Wildman–Crippen LogP) is 2.94. The summed E-state index contributed by atoms with van der Waals surface area (Å²) in [7, 11) is 0. The van der Waals surface area contributed by atoms with Crippen LogP contribution in [0.1, 0.15) is 44.1 Å². The van der Waals surface area contributed by atoms with E-state index in [4.69, 9.17) is 10.6 Å². The summed E-state index contributed by atoms with van der Waals surface area (Å²) in [5.41, 5.74) is 4.23. The molecule has 3 N–H and O–H groups in total. The number of hydrazine groups is 1. The third-order valence-electron chi connectivity index (χ3n) is 5.20. The van der Waals surface area contributed by atoms with E-state index in [0.717, 1.165) is 31.4 Å². The zero-order valence-electron chi connectivity index (χ0n) is 12.5. The molecule has 1 saturated carbocycles. The Kier molecular flexibility index (Phi) is 4.57. The van der Waals surface area contributed by atoms with Gasteiger partial charge in [-0.1, -0.05) is 25.0 Å². The first-order valence-corrected chi connectivity index (χ1v) is 8.05. The van der Waals surface area contributed by atoms with Gasteiger partial charge in [0, 0.05) is 12.6 Å². The summed E-state index contributed by atoms with van der Waals surface area (Å²) in [6, 6.07) is 6.97. The van der Waals surface area contributed by atoms with Gasteiger partial charge in [-0.25, -0.2) is 4.39 Å². The maximum absolute atomic E-state index is 13.0. The van der Waals surface area contributed by atoms with Crippen molar-refractivity contribution in [1.29, 1.82) is 0 Å². The first-order chi connectivity index (χ1) is 10.2. The summed E-state index contributed by atoms with van der Waals surface area (Å²) in [5, 5.41) is 0. The molecule has 116 valence electrons. The molecule has 3 nitrogen and oxygen atoms in total. The van der Waals surface area contributed by atoms with Crippen LogP contribution in [0, 0.1) is 11.7 Å². The second kappa shape index (κ2) is 6.42. The Hall–Kier alpha value is -0.970. The van der Waals surface area contributed by atoms with E-state index in [-0.39, 0.29) is 17.5 Å². The lowest BCUT2D eigenvalue weighted by atomic mass is 9.79. The van der Waals surface area contributed by atoms with E-state index in [2.05, 4.69) is 5.43 Å².